The van der Waals surface area contributed by atoms with Crippen LogP contribution in [-0.2, 0) is 4.79 Å². The lowest BCUT2D eigenvalue weighted by atomic mass is 9.72. The lowest BCUT2D eigenvalue weighted by Crippen LogP contribution is -2.56. The van der Waals surface area contributed by atoms with Crippen LogP contribution in [0.2, 0.25) is 0 Å². The van der Waals surface area contributed by atoms with Crippen LogP contribution in [0.3, 0.4) is 0 Å². The van der Waals surface area contributed by atoms with Gasteiger partial charge in [-0.2, -0.15) is 0 Å². The van der Waals surface area contributed by atoms with Gasteiger partial charge in [0.1, 0.15) is 11.3 Å². The Morgan fingerprint density at radius 2 is 2.12 bits per heavy atom. The Hall–Kier alpha value is -2.34. The second-order valence-corrected chi connectivity index (χ2v) is 6.84. The fourth-order valence-corrected chi connectivity index (χ4v) is 3.75. The molecule has 6 nitrogen and oxygen atoms in total. The van der Waals surface area contributed by atoms with Crippen LogP contribution in [0.1, 0.15) is 42.3 Å². The number of nitrogens with zero attached hydrogens (tertiary/aromatic N) is 1. The molecule has 6 heteroatoms. The molecule has 0 unspecified atom stereocenters. The molecule has 1 amide bonds. The molecular weight excluding hydrogens is 322 g/mol. The van der Waals surface area contributed by atoms with Gasteiger partial charge in [-0.3, -0.25) is 9.59 Å². The lowest BCUT2D eigenvalue weighted by molar-refractivity contribution is -0.162. The van der Waals surface area contributed by atoms with Gasteiger partial charge in [0.2, 0.25) is 0 Å². The van der Waals surface area contributed by atoms with Gasteiger partial charge >= 0.3 is 5.97 Å². The van der Waals surface area contributed by atoms with Crippen LogP contribution < -0.4 is 0 Å². The van der Waals surface area contributed by atoms with E-state index in [-0.39, 0.29) is 18.9 Å². The molecule has 0 bridgehead atoms. The Morgan fingerprint density at radius 3 is 2.76 bits per heavy atom. The Bertz CT molecular complexity index is 811. The molecule has 1 fully saturated rings. The van der Waals surface area contributed by atoms with E-state index in [0.717, 1.165) is 16.7 Å². The zero-order chi connectivity index (χ0) is 18.2. The molecule has 2 aromatic rings. The summed E-state index contributed by atoms with van der Waals surface area (Å²) in [7, 11) is 0. The quantitative estimate of drug-likeness (QED) is 0.889. The van der Waals surface area contributed by atoms with E-state index in [9.17, 15) is 19.8 Å². The van der Waals surface area contributed by atoms with E-state index in [4.69, 9.17) is 4.42 Å². The van der Waals surface area contributed by atoms with Crippen LogP contribution in [0, 0.1) is 12.3 Å². The van der Waals surface area contributed by atoms with Gasteiger partial charge in [0.25, 0.3) is 5.91 Å². The highest BCUT2D eigenvalue weighted by molar-refractivity contribution is 5.98. The third kappa shape index (κ3) is 3.02. The predicted octanol–water partition coefficient (Wildman–Crippen LogP) is 2.82. The first-order valence-corrected chi connectivity index (χ1v) is 8.58. The molecule has 1 saturated heterocycles. The molecule has 0 aliphatic carbocycles. The van der Waals surface area contributed by atoms with Gasteiger partial charge in [0.15, 0.2) is 0 Å². The second-order valence-electron chi connectivity index (χ2n) is 6.84. The summed E-state index contributed by atoms with van der Waals surface area (Å²) in [5.74, 6) is -0.404. The number of amides is 1. The van der Waals surface area contributed by atoms with Crippen molar-refractivity contribution in [3.05, 3.63) is 35.6 Å². The van der Waals surface area contributed by atoms with Gasteiger partial charge in [-0.15, -0.1) is 0 Å². The van der Waals surface area contributed by atoms with Gasteiger partial charge in [-0.25, -0.2) is 0 Å². The molecule has 134 valence electrons. The molecule has 2 N–H and O–H groups in total. The first-order chi connectivity index (χ1) is 11.9. The van der Waals surface area contributed by atoms with Gasteiger partial charge in [0.05, 0.1) is 11.5 Å². The van der Waals surface area contributed by atoms with Gasteiger partial charge in [0, 0.05) is 24.0 Å². The normalized spacial score (nSPS) is 23.8. The average Bonchev–Trinajstić information content (AvgIpc) is 2.95. The zero-order valence-electron chi connectivity index (χ0n) is 14.5. The van der Waals surface area contributed by atoms with E-state index >= 15 is 0 Å². The molecule has 3 rings (SSSR count). The first-order valence-electron chi connectivity index (χ1n) is 8.58. The summed E-state index contributed by atoms with van der Waals surface area (Å²) in [6.07, 6.45) is 0.276. The number of aliphatic hydroxyl groups is 1. The van der Waals surface area contributed by atoms with Crippen molar-refractivity contribution in [2.75, 3.05) is 13.1 Å². The Morgan fingerprint density at radius 1 is 1.36 bits per heavy atom. The van der Waals surface area contributed by atoms with E-state index in [0.29, 0.717) is 24.9 Å². The molecule has 2 heterocycles. The van der Waals surface area contributed by atoms with E-state index in [2.05, 4.69) is 0 Å². The highest BCUT2D eigenvalue weighted by Crippen LogP contribution is 2.37. The van der Waals surface area contributed by atoms with Crippen LogP contribution >= 0.6 is 0 Å². The molecule has 1 aromatic carbocycles. The summed E-state index contributed by atoms with van der Waals surface area (Å²) >= 11 is 0. The van der Waals surface area contributed by atoms with Crippen molar-refractivity contribution in [1.29, 1.82) is 0 Å². The maximum Gasteiger partial charge on any atom is 0.312 e. The van der Waals surface area contributed by atoms with Gasteiger partial charge < -0.3 is 19.5 Å². The van der Waals surface area contributed by atoms with E-state index in [1.165, 1.54) is 4.90 Å². The first kappa shape index (κ1) is 17.5. The number of hydrogen-bond donors (Lipinski definition) is 2. The molecule has 1 aromatic heterocycles. The molecule has 25 heavy (non-hydrogen) atoms. The second kappa shape index (κ2) is 6.52. The molecule has 0 spiro atoms. The van der Waals surface area contributed by atoms with E-state index in [1.807, 2.05) is 19.9 Å². The molecule has 2 atom stereocenters. The third-order valence-electron chi connectivity index (χ3n) is 5.15. The SMILES string of the molecule is CCC[C@]1(C(=O)O)CCN(C(=O)c2ccc3oc(C)cc3c2)C[C@@H]1O. The predicted molar refractivity (Wildman–Crippen MR) is 92.5 cm³/mol. The minimum absolute atomic E-state index is 0.0353. The number of β-amino-alcohol motifs (C(OH)–C–C–N with tert-alkyl or cyclic N) is 1. The summed E-state index contributed by atoms with van der Waals surface area (Å²) in [5.41, 5.74) is 0.0799. The number of fused-ring (bicyclic) bond motifs is 1. The number of aliphatic carboxylic acids is 1. The Kier molecular flexibility index (Phi) is 4.56. The number of aryl methyl sites for hydroxylation is 1. The van der Waals surface area contributed by atoms with Crippen LogP contribution in [0.4, 0.5) is 0 Å². The highest BCUT2D eigenvalue weighted by atomic mass is 16.4. The lowest BCUT2D eigenvalue weighted by Gasteiger charge is -2.42. The molecule has 0 radical (unpaired) electrons. The number of carboxylic acid groups (broad SMARTS) is 1. The van der Waals surface area contributed by atoms with Gasteiger partial charge in [-0.1, -0.05) is 13.3 Å². The number of rotatable bonds is 4. The average molecular weight is 345 g/mol. The van der Waals surface area contributed by atoms with Crippen molar-refractivity contribution in [3.63, 3.8) is 0 Å². The zero-order valence-corrected chi connectivity index (χ0v) is 14.5. The third-order valence-corrected chi connectivity index (χ3v) is 5.15. The largest absolute Gasteiger partial charge is 0.481 e. The molecule has 1 aliphatic rings. The summed E-state index contributed by atoms with van der Waals surface area (Å²) < 4.78 is 5.52. The number of aliphatic hydroxyl groups excluding tert-OH is 1. The number of benzene rings is 1. The number of carboxylic acids is 1. The Labute approximate surface area is 146 Å². The standard InChI is InChI=1S/C19H23NO5/c1-3-6-19(18(23)24)7-8-20(11-16(19)21)17(22)13-4-5-15-14(10-13)9-12(2)25-15/h4-5,9-10,16,21H,3,6-8,11H2,1-2H3,(H,23,24)/t16-,19-/m0/s1. The van der Waals surface area contributed by atoms with Crippen molar-refractivity contribution in [3.8, 4) is 0 Å². The van der Waals surface area contributed by atoms with E-state index < -0.39 is 17.5 Å². The maximum absolute atomic E-state index is 12.8. The smallest absolute Gasteiger partial charge is 0.312 e. The number of carbonyl (C=O) groups is 2. The van der Waals surface area contributed by atoms with Crippen LogP contribution in [0.15, 0.2) is 28.7 Å². The number of hydrogen-bond acceptors (Lipinski definition) is 4. The number of likely N-dealkylation sites (tertiary alicyclic amines) is 1. The summed E-state index contributed by atoms with van der Waals surface area (Å²) in [5, 5.41) is 20.9. The van der Waals surface area contributed by atoms with Crippen LogP contribution in [-0.4, -0.2) is 46.2 Å². The summed E-state index contributed by atoms with van der Waals surface area (Å²) in [4.78, 5) is 26.0. The summed E-state index contributed by atoms with van der Waals surface area (Å²) in [6.45, 7) is 4.11. The Balaban J connectivity index is 1.80. The maximum atomic E-state index is 12.8. The minimum Gasteiger partial charge on any atom is -0.481 e. The highest BCUT2D eigenvalue weighted by Gasteiger charge is 2.48. The van der Waals surface area contributed by atoms with Crippen molar-refractivity contribution in [2.45, 2.75) is 39.2 Å². The molecule has 0 saturated carbocycles. The van der Waals surface area contributed by atoms with Crippen molar-refractivity contribution < 1.29 is 24.2 Å². The number of piperidine rings is 1. The minimum atomic E-state index is -1.16. The number of furan rings is 1. The van der Waals surface area contributed by atoms with Gasteiger partial charge in [-0.05, 0) is 44.0 Å². The van der Waals surface area contributed by atoms with Crippen molar-refractivity contribution in [2.24, 2.45) is 5.41 Å². The molecular formula is C19H23NO5. The summed E-state index contributed by atoms with van der Waals surface area (Å²) in [6, 6.07) is 7.10. The topological polar surface area (TPSA) is 91.0 Å². The van der Waals surface area contributed by atoms with Crippen molar-refractivity contribution in [1.82, 2.24) is 4.90 Å². The fourth-order valence-electron chi connectivity index (χ4n) is 3.75. The van der Waals surface area contributed by atoms with Crippen LogP contribution in [0.25, 0.3) is 11.0 Å². The number of carbonyl (C=O) groups excluding carboxylic acids is 1. The molecule has 1 aliphatic heterocycles. The van der Waals surface area contributed by atoms with E-state index in [1.54, 1.807) is 18.2 Å². The fraction of sp³-hybridized carbons (Fsp3) is 0.474. The van der Waals surface area contributed by atoms with Crippen molar-refractivity contribution >= 4 is 22.8 Å². The van der Waals surface area contributed by atoms with Crippen LogP contribution in [0.5, 0.6) is 0 Å². The monoisotopic (exact) mass is 345 g/mol.